The summed E-state index contributed by atoms with van der Waals surface area (Å²) >= 11 is 1.35. The number of aromatic nitrogens is 4. The average molecular weight is 440 g/mol. The molecule has 0 saturated carbocycles. The Hall–Kier alpha value is -3.07. The van der Waals surface area contributed by atoms with Crippen LogP contribution in [0.25, 0.3) is 5.69 Å². The van der Waals surface area contributed by atoms with Crippen LogP contribution in [0.4, 0.5) is 0 Å². The summed E-state index contributed by atoms with van der Waals surface area (Å²) in [7, 11) is 3.28. The van der Waals surface area contributed by atoms with Gasteiger partial charge in [-0.15, -0.1) is 5.10 Å². The number of para-hydroxylation sites is 1. The summed E-state index contributed by atoms with van der Waals surface area (Å²) in [5.74, 6) is 1.83. The first-order valence-corrected chi connectivity index (χ1v) is 11.1. The second kappa shape index (κ2) is 9.38. The molecule has 8 nitrogen and oxygen atoms in total. The van der Waals surface area contributed by atoms with Crippen LogP contribution in [0.2, 0.25) is 0 Å². The Morgan fingerprint density at radius 3 is 2.81 bits per heavy atom. The lowest BCUT2D eigenvalue weighted by atomic mass is 10.0. The summed E-state index contributed by atoms with van der Waals surface area (Å²) < 4.78 is 12.6. The smallest absolute Gasteiger partial charge is 0.233 e. The largest absolute Gasteiger partial charge is 0.497 e. The minimum absolute atomic E-state index is 0.0366. The highest BCUT2D eigenvalue weighted by atomic mass is 32.2. The number of methoxy groups -OCH3 is 2. The third-order valence-corrected chi connectivity index (χ3v) is 6.38. The molecular formula is C22H25N5O3S. The van der Waals surface area contributed by atoms with Crippen molar-refractivity contribution in [3.63, 3.8) is 0 Å². The summed E-state index contributed by atoms with van der Waals surface area (Å²) in [5.41, 5.74) is 2.94. The molecule has 9 heteroatoms. The molecule has 162 valence electrons. The van der Waals surface area contributed by atoms with Crippen LogP contribution in [0, 0.1) is 6.92 Å². The molecule has 0 radical (unpaired) electrons. The van der Waals surface area contributed by atoms with E-state index in [2.05, 4.69) is 15.5 Å². The quantitative estimate of drug-likeness (QED) is 0.522. The van der Waals surface area contributed by atoms with Gasteiger partial charge in [0.25, 0.3) is 0 Å². The number of benzene rings is 2. The van der Waals surface area contributed by atoms with Crippen LogP contribution in [0.1, 0.15) is 30.0 Å². The van der Waals surface area contributed by atoms with Gasteiger partial charge in [-0.3, -0.25) is 4.79 Å². The molecule has 0 bridgehead atoms. The van der Waals surface area contributed by atoms with Crippen LogP contribution in [0.15, 0.2) is 47.6 Å². The van der Waals surface area contributed by atoms with Gasteiger partial charge in [0.2, 0.25) is 11.1 Å². The van der Waals surface area contributed by atoms with Gasteiger partial charge in [0, 0.05) is 12.1 Å². The molecule has 1 amide bonds. The molecule has 2 heterocycles. The fourth-order valence-corrected chi connectivity index (χ4v) is 4.69. The van der Waals surface area contributed by atoms with Crippen molar-refractivity contribution >= 4 is 17.7 Å². The zero-order chi connectivity index (χ0) is 21.8. The van der Waals surface area contributed by atoms with Crippen molar-refractivity contribution in [3.05, 3.63) is 53.6 Å². The lowest BCUT2D eigenvalue weighted by Gasteiger charge is -2.26. The van der Waals surface area contributed by atoms with Crippen molar-refractivity contribution in [1.29, 1.82) is 0 Å². The number of nitrogens with zero attached hydrogens (tertiary/aromatic N) is 5. The molecular weight excluding hydrogens is 414 g/mol. The predicted molar refractivity (Wildman–Crippen MR) is 118 cm³/mol. The fourth-order valence-electron chi connectivity index (χ4n) is 3.92. The second-order valence-corrected chi connectivity index (χ2v) is 8.24. The minimum atomic E-state index is -0.0366. The van der Waals surface area contributed by atoms with Crippen LogP contribution in [-0.4, -0.2) is 57.5 Å². The topological polar surface area (TPSA) is 82.4 Å². The van der Waals surface area contributed by atoms with E-state index >= 15 is 0 Å². The van der Waals surface area contributed by atoms with Gasteiger partial charge in [-0.1, -0.05) is 30.0 Å². The highest BCUT2D eigenvalue weighted by Crippen LogP contribution is 2.39. The Balaban J connectivity index is 1.50. The van der Waals surface area contributed by atoms with Crippen LogP contribution in [0.3, 0.4) is 0 Å². The van der Waals surface area contributed by atoms with Crippen molar-refractivity contribution in [2.75, 3.05) is 26.5 Å². The van der Waals surface area contributed by atoms with Gasteiger partial charge in [0.1, 0.15) is 11.5 Å². The maximum atomic E-state index is 13.1. The highest BCUT2D eigenvalue weighted by molar-refractivity contribution is 7.99. The molecule has 1 atom stereocenters. The van der Waals surface area contributed by atoms with Gasteiger partial charge >= 0.3 is 0 Å². The number of rotatable bonds is 7. The fraction of sp³-hybridized carbons (Fsp3) is 0.364. The number of hydrogen-bond donors (Lipinski definition) is 0. The van der Waals surface area contributed by atoms with Gasteiger partial charge in [-0.05, 0) is 60.0 Å². The van der Waals surface area contributed by atoms with E-state index in [9.17, 15) is 4.79 Å². The van der Waals surface area contributed by atoms with Crippen molar-refractivity contribution in [2.24, 2.45) is 0 Å². The predicted octanol–water partition coefficient (Wildman–Crippen LogP) is 3.44. The summed E-state index contributed by atoms with van der Waals surface area (Å²) in [6.07, 6.45) is 1.84. The summed E-state index contributed by atoms with van der Waals surface area (Å²) in [5, 5.41) is 12.6. The van der Waals surface area contributed by atoms with Crippen LogP contribution in [-0.2, 0) is 4.79 Å². The van der Waals surface area contributed by atoms with Crippen molar-refractivity contribution in [3.8, 4) is 17.2 Å². The van der Waals surface area contributed by atoms with Crippen LogP contribution in [0.5, 0.6) is 11.5 Å². The number of tetrazole rings is 1. The first-order valence-electron chi connectivity index (χ1n) is 10.1. The zero-order valence-corrected chi connectivity index (χ0v) is 18.6. The molecule has 1 aliphatic rings. The summed E-state index contributed by atoms with van der Waals surface area (Å²) in [6.45, 7) is 2.72. The minimum Gasteiger partial charge on any atom is -0.497 e. The number of aryl methyl sites for hydroxylation is 1. The Bertz CT molecular complexity index is 1070. The molecule has 3 aromatic rings. The van der Waals surface area contributed by atoms with E-state index in [1.54, 1.807) is 18.9 Å². The number of likely N-dealkylation sites (tertiary alicyclic amines) is 1. The third kappa shape index (κ3) is 4.36. The molecule has 0 N–H and O–H groups in total. The second-order valence-electron chi connectivity index (χ2n) is 7.30. The highest BCUT2D eigenvalue weighted by Gasteiger charge is 2.32. The molecule has 4 rings (SSSR count). The Labute approximate surface area is 185 Å². The number of amides is 1. The van der Waals surface area contributed by atoms with Crippen molar-refractivity contribution < 1.29 is 14.3 Å². The van der Waals surface area contributed by atoms with Crippen LogP contribution >= 0.6 is 11.8 Å². The molecule has 1 saturated heterocycles. The number of ether oxygens (including phenoxy) is 2. The summed E-state index contributed by atoms with van der Waals surface area (Å²) in [6, 6.07) is 13.6. The standard InChI is InChI=1S/C22H25N5O3S/c1-15-7-4-5-8-18(15)27-22(23-24-25-27)31-14-21(28)26-12-6-9-19(26)17-13-16(29-2)10-11-20(17)30-3/h4-5,7-8,10-11,13,19H,6,9,12,14H2,1-3H3/t19-/m1/s1. The van der Waals surface area contributed by atoms with E-state index in [0.29, 0.717) is 11.7 Å². The molecule has 1 aliphatic heterocycles. The lowest BCUT2D eigenvalue weighted by molar-refractivity contribution is -0.129. The first-order chi connectivity index (χ1) is 15.1. The van der Waals surface area contributed by atoms with E-state index in [0.717, 1.165) is 41.2 Å². The third-order valence-electron chi connectivity index (χ3n) is 5.48. The van der Waals surface area contributed by atoms with E-state index in [4.69, 9.17) is 9.47 Å². The summed E-state index contributed by atoms with van der Waals surface area (Å²) in [4.78, 5) is 15.1. The maximum absolute atomic E-state index is 13.1. The number of carbonyl (C=O) groups is 1. The van der Waals surface area contributed by atoms with E-state index in [1.807, 2.05) is 54.3 Å². The lowest BCUT2D eigenvalue weighted by Crippen LogP contribution is -2.32. The number of hydrogen-bond acceptors (Lipinski definition) is 7. The van der Waals surface area contributed by atoms with Crippen LogP contribution < -0.4 is 9.47 Å². The van der Waals surface area contributed by atoms with Crippen molar-refractivity contribution in [2.45, 2.75) is 31.0 Å². The SMILES string of the molecule is COc1ccc(OC)c([C@H]2CCCN2C(=O)CSc2nnnn2-c2ccccc2C)c1. The average Bonchev–Trinajstić information content (AvgIpc) is 3.47. The van der Waals surface area contributed by atoms with E-state index in [1.165, 1.54) is 11.8 Å². The molecule has 1 fully saturated rings. The Kier molecular flexibility index (Phi) is 6.41. The molecule has 0 aliphatic carbocycles. The van der Waals surface area contributed by atoms with Crippen molar-refractivity contribution in [1.82, 2.24) is 25.1 Å². The molecule has 1 aromatic heterocycles. The Morgan fingerprint density at radius 2 is 2.03 bits per heavy atom. The maximum Gasteiger partial charge on any atom is 0.233 e. The van der Waals surface area contributed by atoms with Gasteiger partial charge in [0.15, 0.2) is 0 Å². The molecule has 0 spiro atoms. The molecule has 0 unspecified atom stereocenters. The number of carbonyl (C=O) groups excluding carboxylic acids is 1. The first kappa shape index (κ1) is 21.2. The normalized spacial score (nSPS) is 15.8. The van der Waals surface area contributed by atoms with E-state index in [-0.39, 0.29) is 17.7 Å². The molecule has 31 heavy (non-hydrogen) atoms. The van der Waals surface area contributed by atoms with E-state index < -0.39 is 0 Å². The Morgan fingerprint density at radius 1 is 1.19 bits per heavy atom. The number of thioether (sulfide) groups is 1. The zero-order valence-electron chi connectivity index (χ0n) is 17.8. The van der Waals surface area contributed by atoms with Gasteiger partial charge in [0.05, 0.1) is 31.7 Å². The van der Waals surface area contributed by atoms with Gasteiger partial charge in [-0.2, -0.15) is 4.68 Å². The molecule has 2 aromatic carbocycles. The monoisotopic (exact) mass is 439 g/mol. The van der Waals surface area contributed by atoms with Gasteiger partial charge in [-0.25, -0.2) is 0 Å². The van der Waals surface area contributed by atoms with Gasteiger partial charge < -0.3 is 14.4 Å².